The molecule has 0 aliphatic heterocycles. The fourth-order valence-electron chi connectivity index (χ4n) is 3.15. The molecular weight excluding hydrogens is 399 g/mol. The number of rotatable bonds is 6. The van der Waals surface area contributed by atoms with Crippen molar-refractivity contribution in [2.45, 2.75) is 33.2 Å². The standard InChI is InChI=1S/C22H21FN6O2/c1-4-19-27-22(31-28-19)16-9-10-24-20(11-16)29-14(3)18(12-25-29)21(30)26-13(2)15-5-7-17(23)8-6-15/h5-13H,4H2,1-3H3,(H,26,30). The number of carbonyl (C=O) groups is 1. The zero-order valence-corrected chi connectivity index (χ0v) is 17.3. The molecule has 1 atom stereocenters. The predicted octanol–water partition coefficient (Wildman–Crippen LogP) is 3.82. The molecule has 3 heterocycles. The number of carbonyl (C=O) groups excluding carboxylic acids is 1. The summed E-state index contributed by atoms with van der Waals surface area (Å²) in [5.74, 6) is 0.952. The minimum Gasteiger partial charge on any atom is -0.345 e. The quantitative estimate of drug-likeness (QED) is 0.509. The largest absolute Gasteiger partial charge is 0.345 e. The number of nitrogens with zero attached hydrogens (tertiary/aromatic N) is 5. The van der Waals surface area contributed by atoms with E-state index in [2.05, 4.69) is 25.5 Å². The summed E-state index contributed by atoms with van der Waals surface area (Å²) in [7, 11) is 0. The maximum absolute atomic E-state index is 13.1. The van der Waals surface area contributed by atoms with Gasteiger partial charge >= 0.3 is 0 Å². The molecule has 0 aliphatic rings. The third-order valence-electron chi connectivity index (χ3n) is 4.97. The van der Waals surface area contributed by atoms with E-state index < -0.39 is 0 Å². The number of halogens is 1. The van der Waals surface area contributed by atoms with Gasteiger partial charge in [-0.3, -0.25) is 4.79 Å². The van der Waals surface area contributed by atoms with Crippen LogP contribution in [0.25, 0.3) is 17.3 Å². The van der Waals surface area contributed by atoms with Gasteiger partial charge in [-0.25, -0.2) is 14.1 Å². The molecular formula is C22H21FN6O2. The minimum atomic E-state index is -0.319. The van der Waals surface area contributed by atoms with Crippen LogP contribution >= 0.6 is 0 Å². The summed E-state index contributed by atoms with van der Waals surface area (Å²) in [6.07, 6.45) is 3.80. The van der Waals surface area contributed by atoms with Gasteiger partial charge in [0, 0.05) is 18.2 Å². The Morgan fingerprint density at radius 1 is 1.26 bits per heavy atom. The molecule has 0 saturated carbocycles. The summed E-state index contributed by atoms with van der Waals surface area (Å²) in [4.78, 5) is 21.5. The van der Waals surface area contributed by atoms with Crippen LogP contribution in [-0.2, 0) is 6.42 Å². The van der Waals surface area contributed by atoms with E-state index in [1.54, 1.807) is 42.1 Å². The Morgan fingerprint density at radius 3 is 2.74 bits per heavy atom. The van der Waals surface area contributed by atoms with E-state index in [1.165, 1.54) is 18.3 Å². The van der Waals surface area contributed by atoms with Crippen molar-refractivity contribution in [1.82, 2.24) is 30.2 Å². The number of hydrogen-bond donors (Lipinski definition) is 1. The molecule has 1 unspecified atom stereocenters. The lowest BCUT2D eigenvalue weighted by Gasteiger charge is -2.14. The molecule has 0 spiro atoms. The molecule has 9 heteroatoms. The molecule has 0 radical (unpaired) electrons. The second-order valence-corrected chi connectivity index (χ2v) is 7.07. The number of amides is 1. The van der Waals surface area contributed by atoms with E-state index >= 15 is 0 Å². The van der Waals surface area contributed by atoms with Gasteiger partial charge in [-0.1, -0.05) is 24.2 Å². The zero-order valence-electron chi connectivity index (χ0n) is 17.3. The zero-order chi connectivity index (χ0) is 22.0. The minimum absolute atomic E-state index is 0.277. The fourth-order valence-corrected chi connectivity index (χ4v) is 3.15. The topological polar surface area (TPSA) is 98.7 Å². The van der Waals surface area contributed by atoms with Crippen LogP contribution in [0.2, 0.25) is 0 Å². The van der Waals surface area contributed by atoms with E-state index in [0.717, 1.165) is 5.56 Å². The molecule has 158 valence electrons. The summed E-state index contributed by atoms with van der Waals surface area (Å²) in [5, 5.41) is 11.2. The molecule has 1 amide bonds. The average molecular weight is 420 g/mol. The second-order valence-electron chi connectivity index (χ2n) is 7.07. The van der Waals surface area contributed by atoms with Gasteiger partial charge in [-0.15, -0.1) is 0 Å². The van der Waals surface area contributed by atoms with Crippen molar-refractivity contribution in [3.8, 4) is 17.3 Å². The fraction of sp³-hybridized carbons (Fsp3) is 0.227. The number of nitrogens with one attached hydrogen (secondary N) is 1. The van der Waals surface area contributed by atoms with Crippen LogP contribution in [-0.4, -0.2) is 30.8 Å². The molecule has 0 aliphatic carbocycles. The van der Waals surface area contributed by atoms with Gasteiger partial charge in [0.1, 0.15) is 5.82 Å². The average Bonchev–Trinajstić information content (AvgIpc) is 3.41. The first-order valence-corrected chi connectivity index (χ1v) is 9.86. The van der Waals surface area contributed by atoms with Gasteiger partial charge in [0.05, 0.1) is 23.5 Å². The molecule has 4 rings (SSSR count). The van der Waals surface area contributed by atoms with E-state index in [1.807, 2.05) is 13.8 Å². The summed E-state index contributed by atoms with van der Waals surface area (Å²) in [6, 6.07) is 9.28. The highest BCUT2D eigenvalue weighted by Gasteiger charge is 2.19. The molecule has 1 N–H and O–H groups in total. The van der Waals surface area contributed by atoms with Gasteiger partial charge < -0.3 is 9.84 Å². The molecule has 4 aromatic rings. The summed E-state index contributed by atoms with van der Waals surface area (Å²) >= 11 is 0. The van der Waals surface area contributed by atoms with Crippen molar-refractivity contribution < 1.29 is 13.7 Å². The van der Waals surface area contributed by atoms with Crippen molar-refractivity contribution >= 4 is 5.91 Å². The number of aromatic nitrogens is 5. The van der Waals surface area contributed by atoms with Gasteiger partial charge in [0.2, 0.25) is 0 Å². The van der Waals surface area contributed by atoms with Crippen LogP contribution in [0.5, 0.6) is 0 Å². The van der Waals surface area contributed by atoms with Crippen molar-refractivity contribution in [3.63, 3.8) is 0 Å². The van der Waals surface area contributed by atoms with E-state index in [0.29, 0.717) is 40.8 Å². The highest BCUT2D eigenvalue weighted by molar-refractivity contribution is 5.95. The second kappa shape index (κ2) is 8.47. The molecule has 31 heavy (non-hydrogen) atoms. The van der Waals surface area contributed by atoms with Gasteiger partial charge in [-0.05, 0) is 43.7 Å². The van der Waals surface area contributed by atoms with Crippen molar-refractivity contribution in [2.75, 3.05) is 0 Å². The lowest BCUT2D eigenvalue weighted by atomic mass is 10.1. The Balaban J connectivity index is 1.56. The Labute approximate surface area is 178 Å². The van der Waals surface area contributed by atoms with Crippen LogP contribution in [0.3, 0.4) is 0 Å². The monoisotopic (exact) mass is 420 g/mol. The van der Waals surface area contributed by atoms with Crippen molar-refractivity contribution in [2.24, 2.45) is 0 Å². The summed E-state index contributed by atoms with van der Waals surface area (Å²) in [5.41, 5.74) is 2.57. The van der Waals surface area contributed by atoms with E-state index in [-0.39, 0.29) is 17.8 Å². The molecule has 8 nitrogen and oxygen atoms in total. The van der Waals surface area contributed by atoms with Crippen LogP contribution in [0, 0.1) is 12.7 Å². The molecule has 0 fully saturated rings. The highest BCUT2D eigenvalue weighted by atomic mass is 19.1. The molecule has 0 bridgehead atoms. The maximum atomic E-state index is 13.1. The lowest BCUT2D eigenvalue weighted by molar-refractivity contribution is 0.0939. The van der Waals surface area contributed by atoms with Gasteiger partial charge in [0.25, 0.3) is 11.8 Å². The predicted molar refractivity (Wildman–Crippen MR) is 111 cm³/mol. The number of aryl methyl sites for hydroxylation is 1. The molecule has 1 aromatic carbocycles. The van der Waals surface area contributed by atoms with Gasteiger partial charge in [0.15, 0.2) is 11.6 Å². The smallest absolute Gasteiger partial charge is 0.258 e. The van der Waals surface area contributed by atoms with Crippen LogP contribution in [0.1, 0.15) is 47.3 Å². The first kappa shape index (κ1) is 20.4. The molecule has 3 aromatic heterocycles. The van der Waals surface area contributed by atoms with Crippen molar-refractivity contribution in [1.29, 1.82) is 0 Å². The maximum Gasteiger partial charge on any atom is 0.258 e. The summed E-state index contributed by atoms with van der Waals surface area (Å²) < 4.78 is 20.0. The SMILES string of the molecule is CCc1noc(-c2ccnc(-n3ncc(C(=O)NC(C)c4ccc(F)cc4)c3C)c2)n1. The third kappa shape index (κ3) is 4.20. The number of hydrogen-bond acceptors (Lipinski definition) is 6. The Hall–Kier alpha value is -3.88. The van der Waals surface area contributed by atoms with Crippen molar-refractivity contribution in [3.05, 3.63) is 77.3 Å². The molecule has 0 saturated heterocycles. The highest BCUT2D eigenvalue weighted by Crippen LogP contribution is 2.21. The van der Waals surface area contributed by atoms with E-state index in [9.17, 15) is 9.18 Å². The van der Waals surface area contributed by atoms with Crippen LogP contribution in [0.15, 0.2) is 53.3 Å². The van der Waals surface area contributed by atoms with E-state index in [4.69, 9.17) is 4.52 Å². The number of benzene rings is 1. The first-order chi connectivity index (χ1) is 15.0. The lowest BCUT2D eigenvalue weighted by Crippen LogP contribution is -2.27. The van der Waals surface area contributed by atoms with Gasteiger partial charge in [-0.2, -0.15) is 10.1 Å². The summed E-state index contributed by atoms with van der Waals surface area (Å²) in [6.45, 7) is 5.58. The first-order valence-electron chi connectivity index (χ1n) is 9.86. The number of pyridine rings is 1. The third-order valence-corrected chi connectivity index (χ3v) is 4.97. The Bertz CT molecular complexity index is 1210. The Kier molecular flexibility index (Phi) is 5.57. The van der Waals surface area contributed by atoms with Crippen LogP contribution in [0.4, 0.5) is 4.39 Å². The normalized spacial score (nSPS) is 12.0. The van der Waals surface area contributed by atoms with Crippen LogP contribution < -0.4 is 5.32 Å². The Morgan fingerprint density at radius 2 is 2.03 bits per heavy atom.